The fraction of sp³-hybridized carbons (Fsp3) is 0.0625. The van der Waals surface area contributed by atoms with Crippen LogP contribution in [0.2, 0.25) is 0 Å². The first-order chi connectivity index (χ1) is 19.9. The summed E-state index contributed by atoms with van der Waals surface area (Å²) in [5.74, 6) is 0.128. The van der Waals surface area contributed by atoms with Crippen LogP contribution >= 0.6 is 0 Å². The molecule has 2 N–H and O–H groups in total. The van der Waals surface area contributed by atoms with Crippen LogP contribution in [-0.4, -0.2) is 32.1 Å². The van der Waals surface area contributed by atoms with Crippen molar-refractivity contribution in [1.29, 1.82) is 0 Å². The Morgan fingerprint density at radius 1 is 0.829 bits per heavy atom. The van der Waals surface area contributed by atoms with E-state index in [9.17, 15) is 14.7 Å². The van der Waals surface area contributed by atoms with Crippen LogP contribution in [0.25, 0.3) is 21.8 Å². The number of hydrogen-bond acceptors (Lipinski definition) is 7. The van der Waals surface area contributed by atoms with E-state index in [0.29, 0.717) is 39.0 Å². The van der Waals surface area contributed by atoms with E-state index in [1.54, 1.807) is 24.3 Å². The van der Waals surface area contributed by atoms with Gasteiger partial charge in [0.15, 0.2) is 5.75 Å². The zero-order valence-electron chi connectivity index (χ0n) is 22.3. The molecule has 1 aromatic heterocycles. The maximum atomic E-state index is 13.0. The molecule has 0 atom stereocenters. The third-order valence-electron chi connectivity index (χ3n) is 6.13. The van der Waals surface area contributed by atoms with Gasteiger partial charge in [0.2, 0.25) is 0 Å². The number of amides is 1. The predicted octanol–water partition coefficient (Wildman–Crippen LogP) is 6.30. The molecule has 1 amide bonds. The maximum Gasteiger partial charge on any atom is 0.308 e. The van der Waals surface area contributed by atoms with Crippen molar-refractivity contribution in [2.24, 2.45) is 0 Å². The number of ether oxygens (including phenoxy) is 1. The van der Waals surface area contributed by atoms with Crippen LogP contribution in [0, 0.1) is 6.92 Å². The minimum atomic E-state index is -0.439. The van der Waals surface area contributed by atoms with Gasteiger partial charge >= 0.3 is 5.97 Å². The molecule has 0 aliphatic rings. The van der Waals surface area contributed by atoms with Gasteiger partial charge in [-0.15, -0.1) is 5.10 Å². The summed E-state index contributed by atoms with van der Waals surface area (Å²) in [7, 11) is 0. The number of hydrogen-bond donors (Lipinski definition) is 2. The minimum absolute atomic E-state index is 0.0985. The second-order valence-electron chi connectivity index (χ2n) is 9.03. The predicted molar refractivity (Wildman–Crippen MR) is 156 cm³/mol. The van der Waals surface area contributed by atoms with Crippen LogP contribution in [0.1, 0.15) is 22.8 Å². The molecule has 0 aliphatic heterocycles. The lowest BCUT2D eigenvalue weighted by Crippen LogP contribution is -2.14. The molecule has 6 rings (SSSR count). The molecule has 0 fully saturated rings. The summed E-state index contributed by atoms with van der Waals surface area (Å²) in [5.41, 5.74) is 3.06. The van der Waals surface area contributed by atoms with Crippen LogP contribution in [0.3, 0.4) is 0 Å². The summed E-state index contributed by atoms with van der Waals surface area (Å²) >= 11 is 0. The van der Waals surface area contributed by atoms with Gasteiger partial charge in [-0.3, -0.25) is 9.59 Å². The molecule has 0 bridgehead atoms. The smallest absolute Gasteiger partial charge is 0.308 e. The highest BCUT2D eigenvalue weighted by Gasteiger charge is 2.20. The molecule has 0 saturated heterocycles. The van der Waals surface area contributed by atoms with Gasteiger partial charge < -0.3 is 20.0 Å². The molecular weight excluding hydrogens is 520 g/mol. The minimum Gasteiger partial charge on any atom is -0.506 e. The Kier molecular flexibility index (Phi) is 7.87. The van der Waals surface area contributed by atoms with Gasteiger partial charge in [-0.1, -0.05) is 77.6 Å². The van der Waals surface area contributed by atoms with E-state index >= 15 is 0 Å². The molecule has 0 aliphatic carbocycles. The molecule has 0 spiro atoms. The lowest BCUT2D eigenvalue weighted by atomic mass is 10.0. The fourth-order valence-corrected chi connectivity index (χ4v) is 4.14. The molecule has 41 heavy (non-hydrogen) atoms. The van der Waals surface area contributed by atoms with Crippen LogP contribution in [0.5, 0.6) is 17.2 Å². The lowest BCUT2D eigenvalue weighted by Gasteiger charge is -2.14. The Balaban J connectivity index is 0.000000287. The Bertz CT molecular complexity index is 1850. The van der Waals surface area contributed by atoms with E-state index < -0.39 is 5.91 Å². The van der Waals surface area contributed by atoms with Crippen LogP contribution < -0.4 is 14.9 Å². The van der Waals surface area contributed by atoms with Crippen molar-refractivity contribution in [1.82, 2.24) is 15.2 Å². The van der Waals surface area contributed by atoms with Crippen LogP contribution in [0.4, 0.5) is 5.69 Å². The number of fused-ring (bicyclic) bond motifs is 2. The molecule has 5 aromatic carbocycles. The fourth-order valence-electron chi connectivity index (χ4n) is 4.14. The first-order valence-corrected chi connectivity index (χ1v) is 12.7. The van der Waals surface area contributed by atoms with E-state index in [4.69, 9.17) is 9.57 Å². The van der Waals surface area contributed by atoms with E-state index in [2.05, 4.69) is 15.6 Å². The Morgan fingerprint density at radius 3 is 2.24 bits per heavy atom. The number of aromatic hydroxyl groups is 1. The lowest BCUT2D eigenvalue weighted by molar-refractivity contribution is -0.131. The number of benzene rings is 5. The third-order valence-corrected chi connectivity index (χ3v) is 6.13. The Morgan fingerprint density at radius 2 is 1.49 bits per heavy atom. The number of nitrogens with one attached hydrogen (secondary N) is 1. The first kappa shape index (κ1) is 26.9. The molecule has 1 heterocycles. The van der Waals surface area contributed by atoms with Crippen molar-refractivity contribution in [3.8, 4) is 17.2 Å². The van der Waals surface area contributed by atoms with Gasteiger partial charge in [0.25, 0.3) is 5.91 Å². The summed E-state index contributed by atoms with van der Waals surface area (Å²) in [6, 6.07) is 32.5. The highest BCUT2D eigenvalue weighted by atomic mass is 16.7. The number of carbonyl (C=O) groups excluding carboxylic acids is 2. The van der Waals surface area contributed by atoms with Crippen LogP contribution in [0.15, 0.2) is 109 Å². The van der Waals surface area contributed by atoms with Crippen LogP contribution in [-0.2, 0) is 4.79 Å². The van der Waals surface area contributed by atoms with Crippen molar-refractivity contribution in [2.45, 2.75) is 13.8 Å². The summed E-state index contributed by atoms with van der Waals surface area (Å²) in [5, 5.41) is 23.0. The first-order valence-electron chi connectivity index (χ1n) is 12.7. The topological polar surface area (TPSA) is 116 Å². The largest absolute Gasteiger partial charge is 0.506 e. The highest BCUT2D eigenvalue weighted by molar-refractivity contribution is 6.11. The SMILES string of the molecule is CC(=O)Oc1ccccc1.Cc1ccccc1NC(=O)c1cc(On2nnc3ccccc32)c2ccccc2c1O. The monoisotopic (exact) mass is 546 g/mol. The third kappa shape index (κ3) is 6.15. The second-order valence-corrected chi connectivity index (χ2v) is 9.03. The van der Waals surface area contributed by atoms with Gasteiger partial charge in [-0.25, -0.2) is 0 Å². The standard InChI is InChI=1S/C24H18N4O3.C8H8O2/c1-15-8-2-5-11-19(15)25-24(30)18-14-22(16-9-3-4-10-17(16)23(18)29)31-28-21-13-7-6-12-20(21)26-27-28;1-7(9)10-8-5-3-2-4-6-8/h2-14,29H,1H3,(H,25,30);2-6H,1H3. The van der Waals surface area contributed by atoms with Crippen molar-refractivity contribution < 1.29 is 24.3 Å². The maximum absolute atomic E-state index is 13.0. The molecule has 6 aromatic rings. The molecule has 9 nitrogen and oxygen atoms in total. The van der Waals surface area contributed by atoms with E-state index in [1.165, 1.54) is 17.8 Å². The highest BCUT2D eigenvalue weighted by Crippen LogP contribution is 2.37. The average Bonchev–Trinajstić information content (AvgIpc) is 3.39. The number of rotatable bonds is 5. The zero-order chi connectivity index (χ0) is 28.8. The van der Waals surface area contributed by atoms with Crippen molar-refractivity contribution in [2.75, 3.05) is 5.32 Å². The van der Waals surface area contributed by atoms with Gasteiger partial charge in [-0.05, 0) is 48.0 Å². The Labute approximate surface area is 235 Å². The normalized spacial score (nSPS) is 10.5. The van der Waals surface area contributed by atoms with Gasteiger partial charge in [0.05, 0.1) is 5.56 Å². The van der Waals surface area contributed by atoms with Gasteiger partial charge in [0, 0.05) is 29.4 Å². The zero-order valence-corrected chi connectivity index (χ0v) is 22.3. The molecule has 0 unspecified atom stereocenters. The number of phenolic OH excluding ortho intramolecular Hbond substituents is 1. The summed E-state index contributed by atoms with van der Waals surface area (Å²) in [6.45, 7) is 3.28. The van der Waals surface area contributed by atoms with Crippen molar-refractivity contribution in [3.05, 3.63) is 120 Å². The molecule has 9 heteroatoms. The number of phenols is 1. The number of para-hydroxylation sites is 3. The number of carbonyl (C=O) groups is 2. The number of nitrogens with zero attached hydrogens (tertiary/aromatic N) is 3. The van der Waals surface area contributed by atoms with Gasteiger partial charge in [0.1, 0.15) is 22.5 Å². The molecule has 204 valence electrons. The van der Waals surface area contributed by atoms with Gasteiger partial charge in [-0.2, -0.15) is 0 Å². The van der Waals surface area contributed by atoms with E-state index in [-0.39, 0.29) is 17.3 Å². The number of esters is 1. The van der Waals surface area contributed by atoms with E-state index in [1.807, 2.05) is 85.8 Å². The molecular formula is C32H26N4O5. The number of aromatic nitrogens is 3. The number of aryl methyl sites for hydroxylation is 1. The molecule has 0 saturated carbocycles. The second kappa shape index (κ2) is 12.0. The summed E-state index contributed by atoms with van der Waals surface area (Å²) in [4.78, 5) is 30.7. The summed E-state index contributed by atoms with van der Waals surface area (Å²) < 4.78 is 4.78. The quantitative estimate of drug-likeness (QED) is 0.192. The molecule has 0 radical (unpaired) electrons. The van der Waals surface area contributed by atoms with Crippen molar-refractivity contribution >= 4 is 39.4 Å². The number of anilines is 1. The Hall–Kier alpha value is -5.70. The van der Waals surface area contributed by atoms with E-state index in [0.717, 1.165) is 5.56 Å². The average molecular weight is 547 g/mol. The van der Waals surface area contributed by atoms with Crippen molar-refractivity contribution in [3.63, 3.8) is 0 Å². The summed E-state index contributed by atoms with van der Waals surface area (Å²) in [6.07, 6.45) is 0.